The zero-order valence-corrected chi connectivity index (χ0v) is 12.9. The van der Waals surface area contributed by atoms with Crippen molar-refractivity contribution in [2.75, 3.05) is 4.90 Å². The van der Waals surface area contributed by atoms with Gasteiger partial charge in [0.15, 0.2) is 0 Å². The zero-order chi connectivity index (χ0) is 16.8. The summed E-state index contributed by atoms with van der Waals surface area (Å²) < 4.78 is 0. The summed E-state index contributed by atoms with van der Waals surface area (Å²) in [6.07, 6.45) is 1.42. The summed E-state index contributed by atoms with van der Waals surface area (Å²) in [6, 6.07) is 21.6. The van der Waals surface area contributed by atoms with Crippen molar-refractivity contribution in [1.82, 2.24) is 9.97 Å². The number of benzene rings is 2. The average Bonchev–Trinajstić information content (AvgIpc) is 2.63. The van der Waals surface area contributed by atoms with Crippen molar-refractivity contribution in [2.45, 2.75) is 13.1 Å². The third-order valence-corrected chi connectivity index (χ3v) is 3.55. The summed E-state index contributed by atoms with van der Waals surface area (Å²) in [4.78, 5) is 20.2. The standard InChI is InChI=1S/C18H16N4O2/c23-22(24)18-19-12-11-17(20-18)21(13-15-7-3-1-4-8-15)14-16-9-5-2-6-10-16/h1-12H,13-14H2. The van der Waals surface area contributed by atoms with Crippen molar-refractivity contribution in [2.24, 2.45) is 0 Å². The second kappa shape index (κ2) is 7.32. The third kappa shape index (κ3) is 3.92. The minimum Gasteiger partial charge on any atom is -0.390 e. The molecule has 0 amide bonds. The Labute approximate surface area is 139 Å². The van der Waals surface area contributed by atoms with Crippen LogP contribution in [0, 0.1) is 10.1 Å². The molecule has 120 valence electrons. The van der Waals surface area contributed by atoms with E-state index in [1.54, 1.807) is 6.07 Å². The molecule has 1 aromatic heterocycles. The molecule has 24 heavy (non-hydrogen) atoms. The Bertz CT molecular complexity index is 768. The largest absolute Gasteiger partial charge is 0.470 e. The number of rotatable bonds is 6. The van der Waals surface area contributed by atoms with Crippen LogP contribution < -0.4 is 4.90 Å². The molecular formula is C18H16N4O2. The fourth-order valence-electron chi connectivity index (χ4n) is 2.43. The van der Waals surface area contributed by atoms with Crippen LogP contribution in [-0.4, -0.2) is 14.9 Å². The molecule has 0 saturated carbocycles. The molecule has 0 atom stereocenters. The number of hydrogen-bond donors (Lipinski definition) is 0. The topological polar surface area (TPSA) is 72.2 Å². The van der Waals surface area contributed by atoms with E-state index in [2.05, 4.69) is 9.97 Å². The highest BCUT2D eigenvalue weighted by atomic mass is 16.6. The third-order valence-electron chi connectivity index (χ3n) is 3.55. The molecule has 2 aromatic carbocycles. The maximum atomic E-state index is 11.0. The lowest BCUT2D eigenvalue weighted by Crippen LogP contribution is -2.23. The van der Waals surface area contributed by atoms with Gasteiger partial charge in [0.05, 0.1) is 0 Å². The quantitative estimate of drug-likeness (QED) is 0.512. The Morgan fingerprint density at radius 3 is 1.92 bits per heavy atom. The van der Waals surface area contributed by atoms with Crippen LogP contribution in [0.2, 0.25) is 0 Å². The van der Waals surface area contributed by atoms with E-state index in [1.165, 1.54) is 6.20 Å². The summed E-state index contributed by atoms with van der Waals surface area (Å²) >= 11 is 0. The Hall–Kier alpha value is -3.28. The first-order chi connectivity index (χ1) is 11.7. The number of hydrogen-bond acceptors (Lipinski definition) is 5. The normalized spacial score (nSPS) is 10.3. The van der Waals surface area contributed by atoms with Crippen LogP contribution in [0.15, 0.2) is 72.9 Å². The lowest BCUT2D eigenvalue weighted by molar-refractivity contribution is -0.394. The van der Waals surface area contributed by atoms with Crippen LogP contribution >= 0.6 is 0 Å². The molecule has 0 saturated heterocycles. The second-order valence-electron chi connectivity index (χ2n) is 5.30. The van der Waals surface area contributed by atoms with Gasteiger partial charge < -0.3 is 15.0 Å². The fourth-order valence-corrected chi connectivity index (χ4v) is 2.43. The molecule has 0 radical (unpaired) electrons. The maximum absolute atomic E-state index is 11.0. The van der Waals surface area contributed by atoms with Crippen LogP contribution in [0.5, 0.6) is 0 Å². The molecule has 0 bridgehead atoms. The van der Waals surface area contributed by atoms with E-state index in [0.717, 1.165) is 11.1 Å². The lowest BCUT2D eigenvalue weighted by atomic mass is 10.1. The van der Waals surface area contributed by atoms with E-state index in [4.69, 9.17) is 0 Å². The lowest BCUT2D eigenvalue weighted by Gasteiger charge is -2.22. The van der Waals surface area contributed by atoms with Gasteiger partial charge in [-0.2, -0.15) is 0 Å². The molecule has 0 fully saturated rings. The Balaban J connectivity index is 1.92. The van der Waals surface area contributed by atoms with Crippen molar-refractivity contribution in [3.05, 3.63) is 94.2 Å². The van der Waals surface area contributed by atoms with Crippen LogP contribution in [-0.2, 0) is 13.1 Å². The molecule has 0 spiro atoms. The summed E-state index contributed by atoms with van der Waals surface area (Å²) in [5.41, 5.74) is 2.21. The monoisotopic (exact) mass is 320 g/mol. The molecule has 0 aliphatic carbocycles. The highest BCUT2D eigenvalue weighted by Gasteiger charge is 2.17. The van der Waals surface area contributed by atoms with Crippen LogP contribution in [0.25, 0.3) is 0 Å². The van der Waals surface area contributed by atoms with Gasteiger partial charge in [-0.25, -0.2) is 0 Å². The van der Waals surface area contributed by atoms with E-state index in [1.807, 2.05) is 65.6 Å². The average molecular weight is 320 g/mol. The number of aromatic nitrogens is 2. The van der Waals surface area contributed by atoms with Gasteiger partial charge in [0, 0.05) is 19.2 Å². The van der Waals surface area contributed by atoms with E-state index in [0.29, 0.717) is 18.9 Å². The van der Waals surface area contributed by atoms with Gasteiger partial charge in [0.25, 0.3) is 0 Å². The Morgan fingerprint density at radius 1 is 0.875 bits per heavy atom. The van der Waals surface area contributed by atoms with Crippen molar-refractivity contribution < 1.29 is 4.92 Å². The molecule has 0 aliphatic rings. The summed E-state index contributed by atoms with van der Waals surface area (Å²) in [6.45, 7) is 1.20. The first-order valence-corrected chi connectivity index (χ1v) is 7.52. The van der Waals surface area contributed by atoms with E-state index in [-0.39, 0.29) is 0 Å². The SMILES string of the molecule is O=[N+]([O-])c1nccc(N(Cc2ccccc2)Cc2ccccc2)n1. The highest BCUT2D eigenvalue weighted by Crippen LogP contribution is 2.19. The molecule has 0 aliphatic heterocycles. The maximum Gasteiger partial charge on any atom is 0.470 e. The molecule has 6 nitrogen and oxygen atoms in total. The van der Waals surface area contributed by atoms with Crippen LogP contribution in [0.1, 0.15) is 11.1 Å². The minimum absolute atomic E-state index is 0.390. The predicted octanol–water partition coefficient (Wildman–Crippen LogP) is 3.59. The second-order valence-corrected chi connectivity index (χ2v) is 5.30. The van der Waals surface area contributed by atoms with Gasteiger partial charge in [0.2, 0.25) is 5.82 Å². The summed E-state index contributed by atoms with van der Waals surface area (Å²) in [7, 11) is 0. The summed E-state index contributed by atoms with van der Waals surface area (Å²) in [5.74, 6) is 0.142. The van der Waals surface area contributed by atoms with Gasteiger partial charge in [0.1, 0.15) is 6.20 Å². The predicted molar refractivity (Wildman–Crippen MR) is 91.5 cm³/mol. The molecule has 3 rings (SSSR count). The van der Waals surface area contributed by atoms with Gasteiger partial charge in [-0.3, -0.25) is 0 Å². The van der Waals surface area contributed by atoms with Gasteiger partial charge in [-0.15, -0.1) is 0 Å². The fraction of sp³-hybridized carbons (Fsp3) is 0.111. The molecule has 6 heteroatoms. The van der Waals surface area contributed by atoms with Crippen molar-refractivity contribution in [1.29, 1.82) is 0 Å². The minimum atomic E-state index is -0.577. The van der Waals surface area contributed by atoms with Crippen molar-refractivity contribution in [3.63, 3.8) is 0 Å². The van der Waals surface area contributed by atoms with Crippen molar-refractivity contribution >= 4 is 11.8 Å². The Morgan fingerprint density at radius 2 is 1.42 bits per heavy atom. The first kappa shape index (κ1) is 15.6. The van der Waals surface area contributed by atoms with Gasteiger partial charge >= 0.3 is 5.95 Å². The van der Waals surface area contributed by atoms with E-state index < -0.39 is 10.9 Å². The van der Waals surface area contributed by atoms with Crippen LogP contribution in [0.3, 0.4) is 0 Å². The van der Waals surface area contributed by atoms with Crippen molar-refractivity contribution in [3.8, 4) is 0 Å². The van der Waals surface area contributed by atoms with Gasteiger partial charge in [-0.1, -0.05) is 65.6 Å². The van der Waals surface area contributed by atoms with Gasteiger partial charge in [-0.05, 0) is 21.0 Å². The zero-order valence-electron chi connectivity index (χ0n) is 12.9. The highest BCUT2D eigenvalue weighted by molar-refractivity contribution is 5.41. The molecule has 0 N–H and O–H groups in total. The molecule has 1 heterocycles. The summed E-state index contributed by atoms with van der Waals surface area (Å²) in [5, 5.41) is 11.0. The molecular weight excluding hydrogens is 304 g/mol. The number of nitrogens with zero attached hydrogens (tertiary/aromatic N) is 4. The smallest absolute Gasteiger partial charge is 0.390 e. The number of anilines is 1. The first-order valence-electron chi connectivity index (χ1n) is 7.52. The molecule has 3 aromatic rings. The van der Waals surface area contributed by atoms with Crippen LogP contribution in [0.4, 0.5) is 11.8 Å². The van der Waals surface area contributed by atoms with E-state index in [9.17, 15) is 10.1 Å². The number of nitro groups is 1. The van der Waals surface area contributed by atoms with E-state index >= 15 is 0 Å². The Kier molecular flexibility index (Phi) is 4.76. The molecule has 0 unspecified atom stereocenters.